The highest BCUT2D eigenvalue weighted by Gasteiger charge is 2.25. The molecule has 2 heterocycles. The third kappa shape index (κ3) is 4.74. The van der Waals surface area contributed by atoms with Crippen molar-refractivity contribution in [2.75, 3.05) is 25.5 Å². The van der Waals surface area contributed by atoms with Gasteiger partial charge in [-0.15, -0.1) is 11.6 Å². The van der Waals surface area contributed by atoms with E-state index in [0.717, 1.165) is 25.1 Å². The van der Waals surface area contributed by atoms with Crippen molar-refractivity contribution in [1.82, 2.24) is 20.2 Å². The second-order valence-electron chi connectivity index (χ2n) is 5.14. The molecule has 0 aromatic carbocycles. The summed E-state index contributed by atoms with van der Waals surface area (Å²) in [7, 11) is 0. The fourth-order valence-electron chi connectivity index (χ4n) is 2.40. The van der Waals surface area contributed by atoms with E-state index in [0.29, 0.717) is 30.7 Å². The maximum Gasteiger partial charge on any atom is 0.317 e. The number of hydrogen-bond acceptors (Lipinski definition) is 4. The summed E-state index contributed by atoms with van der Waals surface area (Å²) in [5, 5.41) is 2.78. The first-order valence-corrected chi connectivity index (χ1v) is 7.69. The van der Waals surface area contributed by atoms with Gasteiger partial charge in [0.1, 0.15) is 11.9 Å². The molecule has 1 unspecified atom stereocenters. The predicted octanol–water partition coefficient (Wildman–Crippen LogP) is 1.89. The van der Waals surface area contributed by atoms with E-state index >= 15 is 0 Å². The van der Waals surface area contributed by atoms with Crippen LogP contribution in [0.5, 0.6) is 5.88 Å². The van der Waals surface area contributed by atoms with Crippen molar-refractivity contribution in [3.63, 3.8) is 0 Å². The Labute approximate surface area is 129 Å². The van der Waals surface area contributed by atoms with Crippen molar-refractivity contribution in [3.05, 3.63) is 17.6 Å². The minimum absolute atomic E-state index is 0.0331. The van der Waals surface area contributed by atoms with E-state index < -0.39 is 0 Å². The molecule has 0 radical (unpaired) electrons. The van der Waals surface area contributed by atoms with Crippen molar-refractivity contribution in [2.24, 2.45) is 0 Å². The smallest absolute Gasteiger partial charge is 0.317 e. The van der Waals surface area contributed by atoms with Crippen LogP contribution in [0.3, 0.4) is 0 Å². The highest BCUT2D eigenvalue weighted by atomic mass is 35.5. The molecule has 1 aromatic rings. The van der Waals surface area contributed by atoms with E-state index in [4.69, 9.17) is 16.3 Å². The molecule has 6 nitrogen and oxygen atoms in total. The number of aryl methyl sites for hydroxylation is 2. The number of carbonyl (C=O) groups excluding carboxylic acids is 1. The molecule has 0 aliphatic carbocycles. The van der Waals surface area contributed by atoms with Crippen molar-refractivity contribution in [3.8, 4) is 5.88 Å². The molecule has 1 aliphatic rings. The summed E-state index contributed by atoms with van der Waals surface area (Å²) in [6.45, 7) is 5.54. The van der Waals surface area contributed by atoms with E-state index in [1.165, 1.54) is 0 Å². The normalized spacial score (nSPS) is 18.4. The molecule has 7 heteroatoms. The topological polar surface area (TPSA) is 67.3 Å². The Morgan fingerprint density at radius 1 is 1.52 bits per heavy atom. The Hall–Kier alpha value is -1.56. The van der Waals surface area contributed by atoms with Crippen LogP contribution in [0.2, 0.25) is 0 Å². The second-order valence-corrected chi connectivity index (χ2v) is 5.52. The number of amides is 2. The summed E-state index contributed by atoms with van der Waals surface area (Å²) in [6, 6.07) is 1.73. The van der Waals surface area contributed by atoms with E-state index in [1.807, 2.05) is 19.9 Å². The van der Waals surface area contributed by atoms with Crippen molar-refractivity contribution >= 4 is 17.6 Å². The number of halogens is 1. The molecule has 116 valence electrons. The van der Waals surface area contributed by atoms with Crippen LogP contribution < -0.4 is 10.1 Å². The zero-order chi connectivity index (χ0) is 15.2. The van der Waals surface area contributed by atoms with E-state index in [1.54, 1.807) is 4.90 Å². The fourth-order valence-corrected chi connectivity index (χ4v) is 2.49. The third-order valence-corrected chi connectivity index (χ3v) is 3.45. The lowest BCUT2D eigenvalue weighted by Crippen LogP contribution is -2.49. The summed E-state index contributed by atoms with van der Waals surface area (Å²) >= 11 is 5.58. The molecular weight excluding hydrogens is 292 g/mol. The van der Waals surface area contributed by atoms with E-state index in [2.05, 4.69) is 15.3 Å². The van der Waals surface area contributed by atoms with Gasteiger partial charge in [0.2, 0.25) is 5.88 Å². The quantitative estimate of drug-likeness (QED) is 0.862. The van der Waals surface area contributed by atoms with Gasteiger partial charge in [-0.3, -0.25) is 0 Å². The number of urea groups is 1. The lowest BCUT2D eigenvalue weighted by molar-refractivity contribution is 0.0977. The zero-order valence-electron chi connectivity index (χ0n) is 12.4. The molecule has 1 aliphatic heterocycles. The maximum atomic E-state index is 11.9. The van der Waals surface area contributed by atoms with E-state index in [9.17, 15) is 4.79 Å². The number of alkyl halides is 1. The van der Waals surface area contributed by atoms with Crippen molar-refractivity contribution < 1.29 is 9.53 Å². The number of nitrogens with zero attached hydrogens (tertiary/aromatic N) is 3. The van der Waals surface area contributed by atoms with Crippen LogP contribution in [0.25, 0.3) is 0 Å². The summed E-state index contributed by atoms with van der Waals surface area (Å²) in [4.78, 5) is 22.2. The van der Waals surface area contributed by atoms with Crippen molar-refractivity contribution in [2.45, 2.75) is 32.8 Å². The number of rotatable bonds is 4. The van der Waals surface area contributed by atoms with Gasteiger partial charge < -0.3 is 15.0 Å². The van der Waals surface area contributed by atoms with Crippen LogP contribution in [-0.2, 0) is 0 Å². The highest BCUT2D eigenvalue weighted by Crippen LogP contribution is 2.17. The van der Waals surface area contributed by atoms with Crippen LogP contribution in [-0.4, -0.2) is 52.5 Å². The number of ether oxygens (including phenoxy) is 1. The molecule has 0 saturated carbocycles. The lowest BCUT2D eigenvalue weighted by atomic mass is 10.1. The first kappa shape index (κ1) is 15.8. The minimum Gasteiger partial charge on any atom is -0.472 e. The van der Waals surface area contributed by atoms with Crippen LogP contribution >= 0.6 is 11.6 Å². The van der Waals surface area contributed by atoms with Crippen LogP contribution in [0.4, 0.5) is 4.79 Å². The Bertz CT molecular complexity index is 478. The van der Waals surface area contributed by atoms with Crippen LogP contribution in [0, 0.1) is 13.8 Å². The van der Waals surface area contributed by atoms with Gasteiger partial charge in [0.25, 0.3) is 0 Å². The standard InChI is InChI=1S/C14H21ClN4O2/c1-10-8-13(18-11(2)17-10)21-12-4-3-7-19(9-12)14(20)16-6-5-15/h8,12H,3-7,9H2,1-2H3,(H,16,20). The molecule has 0 spiro atoms. The van der Waals surface area contributed by atoms with Gasteiger partial charge in [0, 0.05) is 30.7 Å². The average molecular weight is 313 g/mol. The van der Waals surface area contributed by atoms with Gasteiger partial charge in [-0.2, -0.15) is 4.98 Å². The van der Waals surface area contributed by atoms with Gasteiger partial charge >= 0.3 is 6.03 Å². The first-order chi connectivity index (χ1) is 10.1. The highest BCUT2D eigenvalue weighted by molar-refractivity contribution is 6.18. The number of piperidine rings is 1. The Balaban J connectivity index is 1.93. The Morgan fingerprint density at radius 3 is 3.05 bits per heavy atom. The lowest BCUT2D eigenvalue weighted by Gasteiger charge is -2.32. The number of hydrogen-bond donors (Lipinski definition) is 1. The van der Waals surface area contributed by atoms with Gasteiger partial charge in [-0.05, 0) is 26.7 Å². The number of carbonyl (C=O) groups is 1. The third-order valence-electron chi connectivity index (χ3n) is 3.27. The SMILES string of the molecule is Cc1cc(OC2CCCN(C(=O)NCCCl)C2)nc(C)n1. The predicted molar refractivity (Wildman–Crippen MR) is 80.8 cm³/mol. The molecule has 1 aromatic heterocycles. The number of likely N-dealkylation sites (tertiary alicyclic amines) is 1. The van der Waals surface area contributed by atoms with Gasteiger partial charge in [-0.1, -0.05) is 0 Å². The largest absolute Gasteiger partial charge is 0.472 e. The van der Waals surface area contributed by atoms with Crippen LogP contribution in [0.15, 0.2) is 6.07 Å². The van der Waals surface area contributed by atoms with Crippen LogP contribution in [0.1, 0.15) is 24.4 Å². The van der Waals surface area contributed by atoms with E-state index in [-0.39, 0.29) is 12.1 Å². The molecule has 2 rings (SSSR count). The Kier molecular flexibility index (Phi) is 5.61. The zero-order valence-corrected chi connectivity index (χ0v) is 13.2. The summed E-state index contributed by atoms with van der Waals surface area (Å²) in [6.07, 6.45) is 1.80. The molecule has 0 bridgehead atoms. The fraction of sp³-hybridized carbons (Fsp3) is 0.643. The number of nitrogens with one attached hydrogen (secondary N) is 1. The molecule has 2 amide bonds. The molecule has 1 N–H and O–H groups in total. The molecule has 1 saturated heterocycles. The first-order valence-electron chi connectivity index (χ1n) is 7.16. The molecule has 21 heavy (non-hydrogen) atoms. The monoisotopic (exact) mass is 312 g/mol. The second kappa shape index (κ2) is 7.45. The van der Waals surface area contributed by atoms with Gasteiger partial charge in [0.15, 0.2) is 0 Å². The Morgan fingerprint density at radius 2 is 2.33 bits per heavy atom. The van der Waals surface area contributed by atoms with Gasteiger partial charge in [0.05, 0.1) is 6.54 Å². The average Bonchev–Trinajstić information content (AvgIpc) is 2.44. The summed E-state index contributed by atoms with van der Waals surface area (Å²) in [5.41, 5.74) is 0.880. The minimum atomic E-state index is -0.0843. The molecule has 1 atom stereocenters. The summed E-state index contributed by atoms with van der Waals surface area (Å²) < 4.78 is 5.90. The van der Waals surface area contributed by atoms with Gasteiger partial charge in [-0.25, -0.2) is 9.78 Å². The maximum absolute atomic E-state index is 11.9. The summed E-state index contributed by atoms with van der Waals surface area (Å²) in [5.74, 6) is 1.68. The number of aromatic nitrogens is 2. The van der Waals surface area contributed by atoms with Crippen molar-refractivity contribution in [1.29, 1.82) is 0 Å². The molecule has 1 fully saturated rings. The molecular formula is C14H21ClN4O2.